The Morgan fingerprint density at radius 3 is 2.52 bits per heavy atom. The number of guanidine groups is 1. The average molecular weight is 429 g/mol. The Morgan fingerprint density at radius 1 is 1.38 bits per heavy atom. The van der Waals surface area contributed by atoms with E-state index in [1.807, 2.05) is 32.5 Å². The van der Waals surface area contributed by atoms with Gasteiger partial charge in [0.2, 0.25) is 0 Å². The molecule has 2 atom stereocenters. The largest absolute Gasteiger partial charge is 0.459 e. The zero-order chi connectivity index (χ0) is 15.2. The molecule has 7 heteroatoms. The van der Waals surface area contributed by atoms with Gasteiger partial charge in [-0.1, -0.05) is 0 Å². The van der Waals surface area contributed by atoms with Crippen LogP contribution in [0.3, 0.4) is 0 Å². The van der Waals surface area contributed by atoms with Gasteiger partial charge in [-0.15, -0.1) is 24.0 Å². The molecule has 0 saturated heterocycles. The van der Waals surface area contributed by atoms with Gasteiger partial charge in [-0.25, -0.2) is 0 Å². The van der Waals surface area contributed by atoms with Crippen LogP contribution >= 0.6 is 35.7 Å². The number of hydrogen-bond donors (Lipinski definition) is 2. The minimum atomic E-state index is -0.452. The Labute approximate surface area is 149 Å². The van der Waals surface area contributed by atoms with Crippen LogP contribution in [-0.4, -0.2) is 48.7 Å². The molecule has 0 aliphatic heterocycles. The van der Waals surface area contributed by atoms with E-state index in [4.69, 9.17) is 4.74 Å². The number of rotatable bonds is 4. The first-order valence-corrected chi connectivity index (χ1v) is 8.34. The second kappa shape index (κ2) is 9.76. The maximum atomic E-state index is 11.6. The minimum absolute atomic E-state index is 0. The molecule has 1 fully saturated rings. The third-order valence-corrected chi connectivity index (χ3v) is 4.20. The average Bonchev–Trinajstić information content (AvgIpc) is 2.80. The van der Waals surface area contributed by atoms with Crippen molar-refractivity contribution in [2.45, 2.75) is 56.9 Å². The van der Waals surface area contributed by atoms with Crippen LogP contribution in [-0.2, 0) is 9.53 Å². The number of halogens is 1. The lowest BCUT2D eigenvalue weighted by molar-refractivity contribution is -0.153. The first kappa shape index (κ1) is 20.8. The maximum absolute atomic E-state index is 11.6. The van der Waals surface area contributed by atoms with Crippen LogP contribution in [0.2, 0.25) is 0 Å². The topological polar surface area (TPSA) is 62.7 Å². The molecule has 0 bridgehead atoms. The van der Waals surface area contributed by atoms with Crippen molar-refractivity contribution in [3.05, 3.63) is 0 Å². The molecule has 5 nitrogen and oxygen atoms in total. The molecule has 0 radical (unpaired) electrons. The van der Waals surface area contributed by atoms with E-state index in [-0.39, 0.29) is 36.5 Å². The quantitative estimate of drug-likeness (QED) is 0.311. The summed E-state index contributed by atoms with van der Waals surface area (Å²) in [5.74, 6) is 0.400. The summed E-state index contributed by atoms with van der Waals surface area (Å²) in [5.41, 5.74) is -0.452. The van der Waals surface area contributed by atoms with Crippen molar-refractivity contribution >= 4 is 47.7 Å². The number of ether oxygens (including phenoxy) is 1. The van der Waals surface area contributed by atoms with E-state index in [1.165, 1.54) is 6.42 Å². The van der Waals surface area contributed by atoms with E-state index in [2.05, 4.69) is 21.9 Å². The molecule has 2 unspecified atom stereocenters. The first-order valence-electron chi connectivity index (χ1n) is 7.06. The zero-order valence-electron chi connectivity index (χ0n) is 13.6. The lowest BCUT2D eigenvalue weighted by Crippen LogP contribution is -2.45. The molecule has 0 spiro atoms. The predicted octanol–water partition coefficient (Wildman–Crippen LogP) is 2.40. The highest BCUT2D eigenvalue weighted by molar-refractivity contribution is 14.0. The molecule has 0 aromatic carbocycles. The summed E-state index contributed by atoms with van der Waals surface area (Å²) in [7, 11) is 1.71. The van der Waals surface area contributed by atoms with Gasteiger partial charge in [0.05, 0.1) is 0 Å². The minimum Gasteiger partial charge on any atom is -0.459 e. The van der Waals surface area contributed by atoms with Gasteiger partial charge in [-0.05, 0) is 46.3 Å². The van der Waals surface area contributed by atoms with E-state index in [0.717, 1.165) is 18.1 Å². The van der Waals surface area contributed by atoms with Crippen LogP contribution in [0.25, 0.3) is 0 Å². The number of carbonyl (C=O) groups is 1. The third kappa shape index (κ3) is 8.75. The molecule has 1 aliphatic carbocycles. The Kier molecular flexibility index (Phi) is 9.68. The number of carbonyl (C=O) groups excluding carboxylic acids is 1. The van der Waals surface area contributed by atoms with Crippen molar-refractivity contribution in [3.63, 3.8) is 0 Å². The lowest BCUT2D eigenvalue weighted by Gasteiger charge is -2.21. The van der Waals surface area contributed by atoms with Crippen molar-refractivity contribution < 1.29 is 9.53 Å². The highest BCUT2D eigenvalue weighted by atomic mass is 127. The number of aliphatic imine (C=N–C) groups is 1. The molecular formula is C14H28IN3O2S. The molecule has 21 heavy (non-hydrogen) atoms. The molecule has 124 valence electrons. The van der Waals surface area contributed by atoms with Crippen molar-refractivity contribution in [1.82, 2.24) is 10.6 Å². The van der Waals surface area contributed by atoms with Gasteiger partial charge in [0.1, 0.15) is 12.1 Å². The Morgan fingerprint density at radius 2 is 2.05 bits per heavy atom. The van der Waals surface area contributed by atoms with Crippen LogP contribution in [0.1, 0.15) is 40.0 Å². The standard InChI is InChI=1S/C14H27N3O2S.HI/c1-14(2,3)19-12(18)9-16-13(15-4)17-10-6-7-11(8-10)20-5;/h10-11H,6-9H2,1-5H3,(H2,15,16,17);1H. The normalized spacial score (nSPS) is 22.4. The molecule has 0 heterocycles. The molecule has 0 aromatic rings. The summed E-state index contributed by atoms with van der Waals surface area (Å²) in [6.07, 6.45) is 5.69. The van der Waals surface area contributed by atoms with Crippen LogP contribution in [0.5, 0.6) is 0 Å². The van der Waals surface area contributed by atoms with Crippen molar-refractivity contribution in [1.29, 1.82) is 0 Å². The Bertz CT molecular complexity index is 359. The monoisotopic (exact) mass is 429 g/mol. The third-order valence-electron chi connectivity index (χ3n) is 3.10. The van der Waals surface area contributed by atoms with E-state index in [1.54, 1.807) is 7.05 Å². The van der Waals surface area contributed by atoms with Crippen LogP contribution < -0.4 is 10.6 Å². The predicted molar refractivity (Wildman–Crippen MR) is 101 cm³/mol. The van der Waals surface area contributed by atoms with Crippen LogP contribution in [0, 0.1) is 0 Å². The molecule has 1 aliphatic rings. The highest BCUT2D eigenvalue weighted by Crippen LogP contribution is 2.27. The molecule has 1 saturated carbocycles. The lowest BCUT2D eigenvalue weighted by atomic mass is 10.2. The number of thioether (sulfide) groups is 1. The SMILES string of the molecule is CN=C(NCC(=O)OC(C)(C)C)NC1CCC(SC)C1.I. The molecule has 0 amide bonds. The number of hydrogen-bond acceptors (Lipinski definition) is 4. The van der Waals surface area contributed by atoms with Gasteiger partial charge in [0.15, 0.2) is 5.96 Å². The van der Waals surface area contributed by atoms with Gasteiger partial charge in [0, 0.05) is 18.3 Å². The van der Waals surface area contributed by atoms with Gasteiger partial charge in [-0.3, -0.25) is 9.79 Å². The fourth-order valence-corrected chi connectivity index (χ4v) is 3.00. The van der Waals surface area contributed by atoms with Crippen molar-refractivity contribution in [2.75, 3.05) is 19.8 Å². The van der Waals surface area contributed by atoms with Crippen LogP contribution in [0.4, 0.5) is 0 Å². The van der Waals surface area contributed by atoms with Gasteiger partial charge in [0.25, 0.3) is 0 Å². The highest BCUT2D eigenvalue weighted by Gasteiger charge is 2.24. The smallest absolute Gasteiger partial charge is 0.325 e. The van der Waals surface area contributed by atoms with E-state index in [9.17, 15) is 4.79 Å². The summed E-state index contributed by atoms with van der Waals surface area (Å²) < 4.78 is 5.25. The Balaban J connectivity index is 0.00000400. The van der Waals surface area contributed by atoms with E-state index < -0.39 is 5.60 Å². The summed E-state index contributed by atoms with van der Waals surface area (Å²) in [6, 6.07) is 0.442. The summed E-state index contributed by atoms with van der Waals surface area (Å²) >= 11 is 1.92. The fourth-order valence-electron chi connectivity index (χ4n) is 2.21. The van der Waals surface area contributed by atoms with Crippen molar-refractivity contribution in [2.24, 2.45) is 4.99 Å². The number of esters is 1. The van der Waals surface area contributed by atoms with Gasteiger partial charge in [-0.2, -0.15) is 11.8 Å². The summed E-state index contributed by atoms with van der Waals surface area (Å²) in [5, 5.41) is 7.11. The van der Waals surface area contributed by atoms with E-state index in [0.29, 0.717) is 12.0 Å². The van der Waals surface area contributed by atoms with Crippen LogP contribution in [0.15, 0.2) is 4.99 Å². The fraction of sp³-hybridized carbons (Fsp3) is 0.857. The molecular weight excluding hydrogens is 401 g/mol. The summed E-state index contributed by atoms with van der Waals surface area (Å²) in [4.78, 5) is 15.8. The van der Waals surface area contributed by atoms with Gasteiger partial charge < -0.3 is 15.4 Å². The number of nitrogens with one attached hydrogen (secondary N) is 2. The zero-order valence-corrected chi connectivity index (χ0v) is 16.7. The number of nitrogens with zero attached hydrogens (tertiary/aromatic N) is 1. The molecule has 0 aromatic heterocycles. The maximum Gasteiger partial charge on any atom is 0.325 e. The first-order chi connectivity index (χ1) is 9.34. The second-order valence-electron chi connectivity index (χ2n) is 6.02. The van der Waals surface area contributed by atoms with Crippen molar-refractivity contribution in [3.8, 4) is 0 Å². The molecule has 1 rings (SSSR count). The Hall–Kier alpha value is -0.180. The summed E-state index contributed by atoms with van der Waals surface area (Å²) in [6.45, 7) is 5.72. The van der Waals surface area contributed by atoms with Gasteiger partial charge >= 0.3 is 5.97 Å². The van der Waals surface area contributed by atoms with E-state index >= 15 is 0 Å². The molecule has 2 N–H and O–H groups in total. The second-order valence-corrected chi connectivity index (χ2v) is 7.16.